The quantitative estimate of drug-likeness (QED) is 0.355. The van der Waals surface area contributed by atoms with E-state index in [9.17, 15) is 14.3 Å². The Morgan fingerprint density at radius 2 is 2.14 bits per heavy atom. The van der Waals surface area contributed by atoms with Crippen molar-refractivity contribution in [1.29, 1.82) is 0 Å². The Labute approximate surface area is 211 Å². The molecule has 0 radical (unpaired) electrons. The molecule has 35 heavy (non-hydrogen) atoms. The molecule has 3 aromatic heterocycles. The maximum atomic E-state index is 13.5. The number of anilines is 1. The second-order valence-electron chi connectivity index (χ2n) is 7.95. The van der Waals surface area contributed by atoms with Gasteiger partial charge in [0.2, 0.25) is 11.8 Å². The van der Waals surface area contributed by atoms with Crippen LogP contribution in [0.5, 0.6) is 5.75 Å². The van der Waals surface area contributed by atoms with Crippen LogP contribution in [0.4, 0.5) is 10.3 Å². The zero-order chi connectivity index (χ0) is 24.5. The van der Waals surface area contributed by atoms with Crippen LogP contribution < -0.4 is 9.64 Å². The summed E-state index contributed by atoms with van der Waals surface area (Å²) in [5.74, 6) is -0.0233. The van der Waals surface area contributed by atoms with Gasteiger partial charge >= 0.3 is 5.97 Å². The number of aromatic nitrogens is 7. The lowest BCUT2D eigenvalue weighted by molar-refractivity contribution is -0.141. The zero-order valence-electron chi connectivity index (χ0n) is 18.5. The second-order valence-corrected chi connectivity index (χ2v) is 9.79. The Balaban J connectivity index is 1.27. The van der Waals surface area contributed by atoms with E-state index in [1.54, 1.807) is 19.2 Å². The Morgan fingerprint density at radius 3 is 2.89 bits per heavy atom. The highest BCUT2D eigenvalue weighted by molar-refractivity contribution is 9.10. The first-order chi connectivity index (χ1) is 16.9. The molecule has 1 aliphatic rings. The number of piperidine rings is 1. The van der Waals surface area contributed by atoms with E-state index in [1.807, 2.05) is 0 Å². The summed E-state index contributed by atoms with van der Waals surface area (Å²) in [4.78, 5) is 28.8. The molecule has 1 unspecified atom stereocenters. The smallest absolute Gasteiger partial charge is 0.330 e. The van der Waals surface area contributed by atoms with Gasteiger partial charge in [-0.1, -0.05) is 18.3 Å². The third-order valence-corrected chi connectivity index (χ3v) is 7.24. The summed E-state index contributed by atoms with van der Waals surface area (Å²) in [7, 11) is 0. The fourth-order valence-corrected chi connectivity index (χ4v) is 4.95. The van der Waals surface area contributed by atoms with Gasteiger partial charge in [0.25, 0.3) is 0 Å². The molecule has 4 heterocycles. The summed E-state index contributed by atoms with van der Waals surface area (Å²) < 4.78 is 20.3. The van der Waals surface area contributed by atoms with E-state index in [0.717, 1.165) is 22.1 Å². The lowest BCUT2D eigenvalue weighted by Gasteiger charge is -2.32. The van der Waals surface area contributed by atoms with Crippen LogP contribution in [0.1, 0.15) is 32.2 Å². The van der Waals surface area contributed by atoms with Gasteiger partial charge in [0.1, 0.15) is 28.0 Å². The molecule has 1 fully saturated rings. The lowest BCUT2D eigenvalue weighted by atomic mass is 10.1. The highest BCUT2D eigenvalue weighted by Crippen LogP contribution is 2.30. The largest absolute Gasteiger partial charge is 0.489 e. The van der Waals surface area contributed by atoms with Crippen molar-refractivity contribution in [3.05, 3.63) is 34.7 Å². The standard InChI is InChI=1S/C21H20BrFN8O3S/c1-2-15(20(32)33)31-28-17(27-29-31)19-25-14-10-24-21(26-18(14)35-19)30-7-5-12(6-8-30)34-16-9-11(23)3-4-13(16)22/h3-4,9-10,12,15H,2,5-8H2,1H3,(H,32,33). The predicted molar refractivity (Wildman–Crippen MR) is 129 cm³/mol. The van der Waals surface area contributed by atoms with Gasteiger partial charge in [0, 0.05) is 32.0 Å². The number of rotatable bonds is 7. The summed E-state index contributed by atoms with van der Waals surface area (Å²) in [5.41, 5.74) is 0.601. The molecule has 11 nitrogen and oxygen atoms in total. The van der Waals surface area contributed by atoms with Gasteiger partial charge in [-0.15, -0.1) is 15.0 Å². The van der Waals surface area contributed by atoms with Crippen molar-refractivity contribution in [3.63, 3.8) is 0 Å². The van der Waals surface area contributed by atoms with Gasteiger partial charge in [-0.25, -0.2) is 24.1 Å². The van der Waals surface area contributed by atoms with Crippen LogP contribution in [0.25, 0.3) is 21.2 Å². The number of nitrogens with zero attached hydrogens (tertiary/aromatic N) is 8. The normalized spacial score (nSPS) is 15.5. The van der Waals surface area contributed by atoms with Gasteiger partial charge < -0.3 is 14.7 Å². The fourth-order valence-electron chi connectivity index (χ4n) is 3.77. The molecule has 14 heteroatoms. The highest BCUT2D eigenvalue weighted by Gasteiger charge is 2.25. The summed E-state index contributed by atoms with van der Waals surface area (Å²) in [5, 5.41) is 21.8. The van der Waals surface area contributed by atoms with E-state index < -0.39 is 12.0 Å². The van der Waals surface area contributed by atoms with Crippen LogP contribution >= 0.6 is 27.3 Å². The van der Waals surface area contributed by atoms with Crippen molar-refractivity contribution < 1.29 is 19.0 Å². The van der Waals surface area contributed by atoms with Gasteiger partial charge in [-0.3, -0.25) is 0 Å². The van der Waals surface area contributed by atoms with Crippen molar-refractivity contribution >= 4 is 49.5 Å². The Kier molecular flexibility index (Phi) is 6.56. The van der Waals surface area contributed by atoms with Crippen LogP contribution in [0.2, 0.25) is 0 Å². The van der Waals surface area contributed by atoms with Crippen molar-refractivity contribution in [2.24, 2.45) is 0 Å². The molecule has 0 bridgehead atoms. The number of benzene rings is 1. The molecule has 1 saturated heterocycles. The van der Waals surface area contributed by atoms with Crippen LogP contribution in [0, 0.1) is 5.82 Å². The minimum Gasteiger partial charge on any atom is -0.489 e. The van der Waals surface area contributed by atoms with Gasteiger partial charge in [-0.05, 0) is 39.7 Å². The number of hydrogen-bond donors (Lipinski definition) is 1. The molecule has 1 atom stereocenters. The average Bonchev–Trinajstić information content (AvgIpc) is 3.49. The van der Waals surface area contributed by atoms with Crippen molar-refractivity contribution in [1.82, 2.24) is 35.2 Å². The fraction of sp³-hybridized carbons (Fsp3) is 0.381. The molecule has 182 valence electrons. The van der Waals surface area contributed by atoms with Crippen molar-refractivity contribution in [2.45, 2.75) is 38.3 Å². The van der Waals surface area contributed by atoms with Crippen LogP contribution in [0.3, 0.4) is 0 Å². The number of aliphatic carboxylic acids is 1. The molecule has 5 rings (SSSR count). The Bertz CT molecular complexity index is 1370. The zero-order valence-corrected chi connectivity index (χ0v) is 20.9. The molecule has 0 aliphatic carbocycles. The molecule has 0 spiro atoms. The maximum absolute atomic E-state index is 13.5. The molecule has 1 N–H and O–H groups in total. The van der Waals surface area contributed by atoms with Crippen LogP contribution in [-0.4, -0.2) is 65.4 Å². The number of thiazole rings is 1. The van der Waals surface area contributed by atoms with Crippen LogP contribution in [-0.2, 0) is 4.79 Å². The third kappa shape index (κ3) is 4.93. The maximum Gasteiger partial charge on any atom is 0.330 e. The summed E-state index contributed by atoms with van der Waals surface area (Å²) in [6.45, 7) is 3.13. The van der Waals surface area contributed by atoms with E-state index in [2.05, 4.69) is 51.2 Å². The van der Waals surface area contributed by atoms with E-state index in [1.165, 1.54) is 23.5 Å². The van der Waals surface area contributed by atoms with Gasteiger partial charge in [-0.2, -0.15) is 0 Å². The highest BCUT2D eigenvalue weighted by atomic mass is 79.9. The summed E-state index contributed by atoms with van der Waals surface area (Å²) >= 11 is 4.69. The SMILES string of the molecule is CCC(C(=O)O)n1nnc(-c2nc3cnc(N4CCC(Oc5cc(F)ccc5Br)CC4)nc3s2)n1. The number of fused-ring (bicyclic) bond motifs is 1. The predicted octanol–water partition coefficient (Wildman–Crippen LogP) is 3.72. The van der Waals surface area contributed by atoms with E-state index >= 15 is 0 Å². The summed E-state index contributed by atoms with van der Waals surface area (Å²) in [6, 6.07) is 3.52. The number of tetrazole rings is 1. The first kappa shape index (κ1) is 23.5. The number of ether oxygens (including phenoxy) is 1. The topological polar surface area (TPSA) is 132 Å². The molecule has 4 aromatic rings. The first-order valence-corrected chi connectivity index (χ1v) is 12.5. The van der Waals surface area contributed by atoms with E-state index in [0.29, 0.717) is 46.6 Å². The van der Waals surface area contributed by atoms with E-state index in [4.69, 9.17) is 4.74 Å². The van der Waals surface area contributed by atoms with E-state index in [-0.39, 0.29) is 17.7 Å². The number of carboxylic acid groups (broad SMARTS) is 1. The van der Waals surface area contributed by atoms with Gasteiger partial charge in [0.05, 0.1) is 10.7 Å². The van der Waals surface area contributed by atoms with Crippen molar-refractivity contribution in [2.75, 3.05) is 18.0 Å². The lowest BCUT2D eigenvalue weighted by Crippen LogP contribution is -2.39. The number of hydrogen-bond acceptors (Lipinski definition) is 10. The monoisotopic (exact) mass is 562 g/mol. The number of carboxylic acids is 1. The number of carbonyl (C=O) groups is 1. The molecular weight excluding hydrogens is 543 g/mol. The number of halogens is 2. The van der Waals surface area contributed by atoms with Gasteiger partial charge in [0.15, 0.2) is 11.0 Å². The molecular formula is C21H20BrFN8O3S. The third-order valence-electron chi connectivity index (χ3n) is 5.62. The molecule has 0 saturated carbocycles. The molecule has 1 aliphatic heterocycles. The van der Waals surface area contributed by atoms with Crippen molar-refractivity contribution in [3.8, 4) is 16.6 Å². The van der Waals surface area contributed by atoms with Crippen LogP contribution in [0.15, 0.2) is 28.9 Å². The summed E-state index contributed by atoms with van der Waals surface area (Å²) in [6.07, 6.45) is 3.44. The Hall–Kier alpha value is -3.26. The second kappa shape index (κ2) is 9.77. The molecule has 1 aromatic carbocycles. The average molecular weight is 563 g/mol. The minimum atomic E-state index is -1.02. The minimum absolute atomic E-state index is 0.0328. The molecule has 0 amide bonds. The first-order valence-electron chi connectivity index (χ1n) is 10.9. The Morgan fingerprint density at radius 1 is 1.34 bits per heavy atom.